The second-order valence-corrected chi connectivity index (χ2v) is 8.17. The van der Waals surface area contributed by atoms with Gasteiger partial charge < -0.3 is 10.2 Å². The molecular formula is C23H29FN2O2. The van der Waals surface area contributed by atoms with E-state index in [0.29, 0.717) is 12.1 Å². The lowest BCUT2D eigenvalue weighted by Gasteiger charge is -2.32. The van der Waals surface area contributed by atoms with Gasteiger partial charge in [-0.2, -0.15) is 0 Å². The Kier molecular flexibility index (Phi) is 6.95. The maximum atomic E-state index is 13.2. The molecule has 0 spiro atoms. The maximum absolute atomic E-state index is 13.2. The summed E-state index contributed by atoms with van der Waals surface area (Å²) < 4.78 is 13.2. The monoisotopic (exact) mass is 384 g/mol. The second kappa shape index (κ2) is 9.00. The minimum absolute atomic E-state index is 0.110. The van der Waals surface area contributed by atoms with Crippen LogP contribution in [0.15, 0.2) is 48.5 Å². The smallest absolute Gasteiger partial charge is 0.242 e. The van der Waals surface area contributed by atoms with E-state index in [-0.39, 0.29) is 29.6 Å². The maximum Gasteiger partial charge on any atom is 0.242 e. The third kappa shape index (κ3) is 6.19. The number of aryl methyl sites for hydroxylation is 1. The predicted molar refractivity (Wildman–Crippen MR) is 109 cm³/mol. The molecule has 0 unspecified atom stereocenters. The standard InChI is InChI=1S/C23H29FN2O2/c1-16-8-6-7-9-19(16)15-26(17(2)22(28)25-23(3,4)5)21(27)14-18-10-12-20(24)13-11-18/h6-13,17H,14-15H2,1-5H3,(H,25,28)/t17-/m1/s1. The van der Waals surface area contributed by atoms with Crippen LogP contribution in [0.5, 0.6) is 0 Å². The highest BCUT2D eigenvalue weighted by molar-refractivity contribution is 5.88. The molecule has 0 heterocycles. The van der Waals surface area contributed by atoms with Crippen LogP contribution in [0.3, 0.4) is 0 Å². The van der Waals surface area contributed by atoms with E-state index in [9.17, 15) is 14.0 Å². The Morgan fingerprint density at radius 3 is 2.25 bits per heavy atom. The van der Waals surface area contributed by atoms with Gasteiger partial charge in [0.2, 0.25) is 11.8 Å². The first-order chi connectivity index (χ1) is 13.1. The van der Waals surface area contributed by atoms with Gasteiger partial charge in [-0.25, -0.2) is 4.39 Å². The molecule has 0 saturated carbocycles. The van der Waals surface area contributed by atoms with E-state index in [0.717, 1.165) is 11.1 Å². The van der Waals surface area contributed by atoms with E-state index in [1.807, 2.05) is 52.0 Å². The van der Waals surface area contributed by atoms with Crippen molar-refractivity contribution >= 4 is 11.8 Å². The molecule has 0 bridgehead atoms. The zero-order valence-electron chi connectivity index (χ0n) is 17.3. The molecule has 0 aliphatic rings. The lowest BCUT2D eigenvalue weighted by atomic mass is 10.0. The van der Waals surface area contributed by atoms with Crippen molar-refractivity contribution in [3.63, 3.8) is 0 Å². The highest BCUT2D eigenvalue weighted by Crippen LogP contribution is 2.16. The fraction of sp³-hybridized carbons (Fsp3) is 0.391. The number of hydrogen-bond acceptors (Lipinski definition) is 2. The van der Waals surface area contributed by atoms with E-state index in [2.05, 4.69) is 5.32 Å². The van der Waals surface area contributed by atoms with E-state index < -0.39 is 6.04 Å². The Hall–Kier alpha value is -2.69. The van der Waals surface area contributed by atoms with Crippen LogP contribution in [-0.4, -0.2) is 28.3 Å². The summed E-state index contributed by atoms with van der Waals surface area (Å²) in [4.78, 5) is 27.4. The molecule has 2 amide bonds. The largest absolute Gasteiger partial charge is 0.350 e. The van der Waals surface area contributed by atoms with E-state index in [4.69, 9.17) is 0 Å². The van der Waals surface area contributed by atoms with Crippen molar-refractivity contribution in [2.24, 2.45) is 0 Å². The Balaban J connectivity index is 2.26. The van der Waals surface area contributed by atoms with Gasteiger partial charge in [-0.3, -0.25) is 9.59 Å². The van der Waals surface area contributed by atoms with Crippen LogP contribution in [0.2, 0.25) is 0 Å². The summed E-state index contributed by atoms with van der Waals surface area (Å²) in [6.07, 6.45) is 0.110. The van der Waals surface area contributed by atoms with Crippen molar-refractivity contribution < 1.29 is 14.0 Å². The fourth-order valence-electron chi connectivity index (χ4n) is 2.91. The number of hydrogen-bond donors (Lipinski definition) is 1. The molecular weight excluding hydrogens is 355 g/mol. The lowest BCUT2D eigenvalue weighted by Crippen LogP contribution is -2.52. The van der Waals surface area contributed by atoms with Crippen molar-refractivity contribution in [3.05, 3.63) is 71.0 Å². The van der Waals surface area contributed by atoms with Crippen LogP contribution in [0.4, 0.5) is 4.39 Å². The van der Waals surface area contributed by atoms with Gasteiger partial charge >= 0.3 is 0 Å². The van der Waals surface area contributed by atoms with Gasteiger partial charge in [0.1, 0.15) is 11.9 Å². The number of halogens is 1. The summed E-state index contributed by atoms with van der Waals surface area (Å²) in [6, 6.07) is 13.0. The Labute approximate surface area is 166 Å². The highest BCUT2D eigenvalue weighted by Gasteiger charge is 2.28. The zero-order chi connectivity index (χ0) is 20.9. The molecule has 2 aromatic carbocycles. The van der Waals surface area contributed by atoms with Gasteiger partial charge in [-0.1, -0.05) is 36.4 Å². The van der Waals surface area contributed by atoms with Gasteiger partial charge in [0.25, 0.3) is 0 Å². The third-order valence-electron chi connectivity index (χ3n) is 4.54. The summed E-state index contributed by atoms with van der Waals surface area (Å²) in [6.45, 7) is 9.78. The molecule has 0 saturated heterocycles. The first kappa shape index (κ1) is 21.6. The number of carbonyl (C=O) groups is 2. The van der Waals surface area contributed by atoms with Crippen LogP contribution < -0.4 is 5.32 Å². The number of benzene rings is 2. The highest BCUT2D eigenvalue weighted by atomic mass is 19.1. The average molecular weight is 384 g/mol. The molecule has 5 heteroatoms. The second-order valence-electron chi connectivity index (χ2n) is 8.17. The van der Waals surface area contributed by atoms with Crippen LogP contribution >= 0.6 is 0 Å². The van der Waals surface area contributed by atoms with Crippen LogP contribution in [0.1, 0.15) is 44.4 Å². The molecule has 0 aliphatic carbocycles. The van der Waals surface area contributed by atoms with Crippen molar-refractivity contribution in [2.75, 3.05) is 0 Å². The molecule has 150 valence electrons. The number of rotatable bonds is 6. The molecule has 0 aromatic heterocycles. The van der Waals surface area contributed by atoms with Gasteiger partial charge in [-0.05, 0) is 63.4 Å². The number of carbonyl (C=O) groups excluding carboxylic acids is 2. The minimum atomic E-state index is -0.633. The summed E-state index contributed by atoms with van der Waals surface area (Å²) in [7, 11) is 0. The SMILES string of the molecule is Cc1ccccc1CN(C(=O)Cc1ccc(F)cc1)[C@H](C)C(=O)NC(C)(C)C. The third-order valence-corrected chi connectivity index (χ3v) is 4.54. The first-order valence-corrected chi connectivity index (χ1v) is 9.47. The quantitative estimate of drug-likeness (QED) is 0.818. The minimum Gasteiger partial charge on any atom is -0.350 e. The average Bonchev–Trinajstić information content (AvgIpc) is 2.61. The predicted octanol–water partition coefficient (Wildman–Crippen LogP) is 4.01. The number of amides is 2. The Bertz CT molecular complexity index is 825. The molecule has 0 fully saturated rings. The zero-order valence-corrected chi connectivity index (χ0v) is 17.3. The molecule has 0 radical (unpaired) electrons. The molecule has 1 atom stereocenters. The number of nitrogens with one attached hydrogen (secondary N) is 1. The topological polar surface area (TPSA) is 49.4 Å². The molecule has 1 N–H and O–H groups in total. The Morgan fingerprint density at radius 2 is 1.68 bits per heavy atom. The van der Waals surface area contributed by atoms with Crippen LogP contribution in [0.25, 0.3) is 0 Å². The van der Waals surface area contributed by atoms with Crippen molar-refractivity contribution in [2.45, 2.75) is 59.2 Å². The normalized spacial score (nSPS) is 12.4. The van der Waals surface area contributed by atoms with E-state index >= 15 is 0 Å². The van der Waals surface area contributed by atoms with Crippen molar-refractivity contribution in [3.8, 4) is 0 Å². The van der Waals surface area contributed by atoms with Gasteiger partial charge in [0.05, 0.1) is 6.42 Å². The number of nitrogens with zero attached hydrogens (tertiary/aromatic N) is 1. The van der Waals surface area contributed by atoms with Gasteiger partial charge in [-0.15, -0.1) is 0 Å². The molecule has 2 rings (SSSR count). The summed E-state index contributed by atoms with van der Waals surface area (Å²) in [5, 5.41) is 2.94. The van der Waals surface area contributed by atoms with Crippen LogP contribution in [0, 0.1) is 12.7 Å². The summed E-state index contributed by atoms with van der Waals surface area (Å²) in [5.74, 6) is -0.717. The van der Waals surface area contributed by atoms with Crippen molar-refractivity contribution in [1.29, 1.82) is 0 Å². The fourth-order valence-corrected chi connectivity index (χ4v) is 2.91. The molecule has 0 aliphatic heterocycles. The molecule has 2 aromatic rings. The summed E-state index contributed by atoms with van der Waals surface area (Å²) >= 11 is 0. The molecule has 28 heavy (non-hydrogen) atoms. The lowest BCUT2D eigenvalue weighted by molar-refractivity contribution is -0.140. The molecule has 4 nitrogen and oxygen atoms in total. The Morgan fingerprint density at radius 1 is 1.07 bits per heavy atom. The van der Waals surface area contributed by atoms with E-state index in [1.54, 1.807) is 24.0 Å². The first-order valence-electron chi connectivity index (χ1n) is 9.47. The van der Waals surface area contributed by atoms with Crippen molar-refractivity contribution in [1.82, 2.24) is 10.2 Å². The summed E-state index contributed by atoms with van der Waals surface area (Å²) in [5.41, 5.74) is 2.38. The van der Waals surface area contributed by atoms with Crippen LogP contribution in [-0.2, 0) is 22.6 Å². The van der Waals surface area contributed by atoms with Gasteiger partial charge in [0, 0.05) is 12.1 Å². The van der Waals surface area contributed by atoms with E-state index in [1.165, 1.54) is 12.1 Å². The van der Waals surface area contributed by atoms with Gasteiger partial charge in [0.15, 0.2) is 0 Å².